The first kappa shape index (κ1) is 25.6. The number of aryl methyl sites for hydroxylation is 1. The van der Waals surface area contributed by atoms with E-state index in [0.29, 0.717) is 41.5 Å². The molecule has 1 aromatic heterocycles. The van der Waals surface area contributed by atoms with Gasteiger partial charge in [-0.25, -0.2) is 9.78 Å². The Morgan fingerprint density at radius 3 is 2.62 bits per heavy atom. The van der Waals surface area contributed by atoms with Gasteiger partial charge in [0.2, 0.25) is 0 Å². The van der Waals surface area contributed by atoms with E-state index in [0.717, 1.165) is 22.1 Å². The lowest BCUT2D eigenvalue weighted by Crippen LogP contribution is -2.29. The van der Waals surface area contributed by atoms with Crippen LogP contribution in [0, 0.1) is 6.92 Å². The van der Waals surface area contributed by atoms with E-state index in [9.17, 15) is 19.5 Å². The molecule has 1 unspecified atom stereocenters. The Bertz CT molecular complexity index is 1720. The number of amides is 1. The van der Waals surface area contributed by atoms with Gasteiger partial charge < -0.3 is 19.3 Å². The molecule has 3 aromatic carbocycles. The molecular weight excluding hydrogens is 532 g/mol. The number of benzene rings is 3. The number of Topliss-reactive ketones (excluding diaryl/α,β-unsaturated/α-hetero) is 1. The molecule has 1 amide bonds. The number of anilines is 1. The van der Waals surface area contributed by atoms with Crippen molar-refractivity contribution in [3.05, 3.63) is 87.9 Å². The molecule has 1 atom stereocenters. The first-order chi connectivity index (χ1) is 19.4. The lowest BCUT2D eigenvalue weighted by Gasteiger charge is -2.24. The highest BCUT2D eigenvalue weighted by molar-refractivity contribution is 7.17. The molecule has 10 heteroatoms. The smallest absolute Gasteiger partial charge is 0.350 e. The largest absolute Gasteiger partial charge is 0.507 e. The lowest BCUT2D eigenvalue weighted by atomic mass is 9.91. The van der Waals surface area contributed by atoms with Crippen molar-refractivity contribution >= 4 is 50.7 Å². The van der Waals surface area contributed by atoms with E-state index in [-0.39, 0.29) is 27.9 Å². The summed E-state index contributed by atoms with van der Waals surface area (Å²) in [4.78, 5) is 45.9. The lowest BCUT2D eigenvalue weighted by molar-refractivity contribution is -0.132. The summed E-state index contributed by atoms with van der Waals surface area (Å²) in [7, 11) is 0. The number of aliphatic hydroxyl groups is 1. The molecule has 0 radical (unpaired) electrons. The molecule has 202 valence electrons. The van der Waals surface area contributed by atoms with Crippen LogP contribution in [0.15, 0.2) is 66.2 Å². The molecule has 1 N–H and O–H groups in total. The van der Waals surface area contributed by atoms with Crippen LogP contribution in [0.2, 0.25) is 0 Å². The number of ketones is 1. The van der Waals surface area contributed by atoms with Crippen LogP contribution in [0.4, 0.5) is 5.13 Å². The topological polar surface area (TPSA) is 115 Å². The summed E-state index contributed by atoms with van der Waals surface area (Å²) < 4.78 is 16.4. The zero-order valence-electron chi connectivity index (χ0n) is 21.7. The summed E-state index contributed by atoms with van der Waals surface area (Å²) in [5.74, 6) is -1.68. The van der Waals surface area contributed by atoms with Crippen LogP contribution in [0.5, 0.6) is 11.5 Å². The monoisotopic (exact) mass is 556 g/mol. The second kappa shape index (κ2) is 10.1. The minimum absolute atomic E-state index is 0.0939. The minimum atomic E-state index is -1.01. The summed E-state index contributed by atoms with van der Waals surface area (Å²) in [6, 6.07) is 17.0. The number of ether oxygens (including phenoxy) is 3. The summed E-state index contributed by atoms with van der Waals surface area (Å²) in [5.41, 5.74) is 1.21. The van der Waals surface area contributed by atoms with Crippen molar-refractivity contribution in [3.8, 4) is 11.5 Å². The van der Waals surface area contributed by atoms with E-state index < -0.39 is 23.7 Å². The molecular formula is C30H24N2O7S. The predicted octanol–water partition coefficient (Wildman–Crippen LogP) is 5.18. The van der Waals surface area contributed by atoms with E-state index >= 15 is 0 Å². The second-order valence-electron chi connectivity index (χ2n) is 9.23. The molecule has 40 heavy (non-hydrogen) atoms. The van der Waals surface area contributed by atoms with Gasteiger partial charge in [0.15, 0.2) is 16.6 Å². The van der Waals surface area contributed by atoms with E-state index in [4.69, 9.17) is 14.2 Å². The average molecular weight is 557 g/mol. The molecule has 3 heterocycles. The third kappa shape index (κ3) is 4.17. The van der Waals surface area contributed by atoms with Gasteiger partial charge in [0.1, 0.15) is 23.9 Å². The predicted molar refractivity (Wildman–Crippen MR) is 149 cm³/mol. The van der Waals surface area contributed by atoms with Gasteiger partial charge in [-0.1, -0.05) is 53.8 Å². The normalized spacial score (nSPS) is 17.9. The molecule has 0 saturated carbocycles. The van der Waals surface area contributed by atoms with E-state index in [1.807, 2.05) is 42.5 Å². The second-order valence-corrected chi connectivity index (χ2v) is 10.2. The number of aliphatic hydroxyl groups excluding tert-OH is 1. The molecule has 2 aliphatic rings. The number of rotatable bonds is 5. The van der Waals surface area contributed by atoms with Gasteiger partial charge in [-0.2, -0.15) is 0 Å². The Kier molecular flexibility index (Phi) is 6.47. The van der Waals surface area contributed by atoms with Crippen molar-refractivity contribution < 1.29 is 33.7 Å². The molecule has 1 saturated heterocycles. The van der Waals surface area contributed by atoms with Crippen LogP contribution in [-0.4, -0.2) is 47.6 Å². The summed E-state index contributed by atoms with van der Waals surface area (Å²) in [6.45, 7) is 4.29. The SMILES string of the molecule is CCOC(=O)c1sc(N2C(=O)C(=O)/C(=C(/O)c3ccc4c(c3)OCCO4)C2c2cccc3ccccc23)nc1C. The molecule has 0 aliphatic carbocycles. The van der Waals surface area contributed by atoms with Gasteiger partial charge >= 0.3 is 11.9 Å². The zero-order chi connectivity index (χ0) is 28.0. The van der Waals surface area contributed by atoms with Gasteiger partial charge in [0, 0.05) is 5.56 Å². The van der Waals surface area contributed by atoms with Crippen molar-refractivity contribution in [2.24, 2.45) is 0 Å². The van der Waals surface area contributed by atoms with Gasteiger partial charge in [0.25, 0.3) is 5.78 Å². The summed E-state index contributed by atoms with van der Waals surface area (Å²) in [5, 5.41) is 13.4. The maximum atomic E-state index is 13.7. The molecule has 2 aliphatic heterocycles. The number of carbonyl (C=O) groups is 3. The van der Waals surface area contributed by atoms with Gasteiger partial charge in [-0.15, -0.1) is 0 Å². The Hall–Kier alpha value is -4.70. The quantitative estimate of drug-likeness (QED) is 0.155. The number of nitrogens with zero attached hydrogens (tertiary/aromatic N) is 2. The maximum Gasteiger partial charge on any atom is 0.350 e. The molecule has 0 bridgehead atoms. The highest BCUT2D eigenvalue weighted by atomic mass is 32.1. The van der Waals surface area contributed by atoms with Gasteiger partial charge in [-0.05, 0) is 48.4 Å². The first-order valence-electron chi connectivity index (χ1n) is 12.7. The highest BCUT2D eigenvalue weighted by Crippen LogP contribution is 2.46. The number of thiazole rings is 1. The third-order valence-electron chi connectivity index (χ3n) is 6.83. The fourth-order valence-corrected chi connectivity index (χ4v) is 6.02. The van der Waals surface area contributed by atoms with Crippen LogP contribution in [0.25, 0.3) is 16.5 Å². The van der Waals surface area contributed by atoms with E-state index in [2.05, 4.69) is 4.98 Å². The Morgan fingerprint density at radius 2 is 1.82 bits per heavy atom. The average Bonchev–Trinajstić information content (AvgIpc) is 3.48. The maximum absolute atomic E-state index is 13.7. The third-order valence-corrected chi connectivity index (χ3v) is 7.97. The number of hydrogen-bond donors (Lipinski definition) is 1. The van der Waals surface area contributed by atoms with Gasteiger partial charge in [-0.3, -0.25) is 14.5 Å². The summed E-state index contributed by atoms with van der Waals surface area (Å²) >= 11 is 0.969. The number of esters is 1. The van der Waals surface area contributed by atoms with Crippen molar-refractivity contribution in [1.29, 1.82) is 0 Å². The van der Waals surface area contributed by atoms with Crippen molar-refractivity contribution in [3.63, 3.8) is 0 Å². The van der Waals surface area contributed by atoms with Crippen molar-refractivity contribution in [1.82, 2.24) is 4.98 Å². The van der Waals surface area contributed by atoms with Crippen molar-refractivity contribution in [2.75, 3.05) is 24.7 Å². The van der Waals surface area contributed by atoms with E-state index in [1.165, 1.54) is 4.90 Å². The van der Waals surface area contributed by atoms with Gasteiger partial charge in [0.05, 0.1) is 23.9 Å². The number of hydrogen-bond acceptors (Lipinski definition) is 9. The van der Waals surface area contributed by atoms with Crippen LogP contribution >= 0.6 is 11.3 Å². The molecule has 0 spiro atoms. The fourth-order valence-electron chi connectivity index (χ4n) is 5.03. The van der Waals surface area contributed by atoms with Crippen LogP contribution in [0.1, 0.15) is 39.5 Å². The Morgan fingerprint density at radius 1 is 1.07 bits per heavy atom. The zero-order valence-corrected chi connectivity index (χ0v) is 22.5. The molecule has 9 nitrogen and oxygen atoms in total. The van der Waals surface area contributed by atoms with Crippen LogP contribution in [-0.2, 0) is 14.3 Å². The fraction of sp³-hybridized carbons (Fsp3) is 0.200. The minimum Gasteiger partial charge on any atom is -0.507 e. The Labute approximate surface area is 233 Å². The standard InChI is InChI=1S/C30H24N2O7S/c1-3-37-29(36)27-16(2)31-30(40-27)32-24(20-10-6-8-17-7-4-5-9-19(17)20)23(26(34)28(32)35)25(33)18-11-12-21-22(15-18)39-14-13-38-21/h4-12,15,24,33H,3,13-14H2,1-2H3/b25-23+. The molecule has 6 rings (SSSR count). The highest BCUT2D eigenvalue weighted by Gasteiger charge is 2.49. The Balaban J connectivity index is 1.57. The summed E-state index contributed by atoms with van der Waals surface area (Å²) in [6.07, 6.45) is 0. The van der Waals surface area contributed by atoms with Crippen molar-refractivity contribution in [2.45, 2.75) is 19.9 Å². The number of carbonyl (C=O) groups excluding carboxylic acids is 3. The van der Waals surface area contributed by atoms with Crippen LogP contribution in [0.3, 0.4) is 0 Å². The molecule has 4 aromatic rings. The van der Waals surface area contributed by atoms with E-state index in [1.54, 1.807) is 32.0 Å². The first-order valence-corrected chi connectivity index (χ1v) is 13.5. The van der Waals surface area contributed by atoms with Crippen LogP contribution < -0.4 is 14.4 Å². The number of aromatic nitrogens is 1. The number of fused-ring (bicyclic) bond motifs is 2. The molecule has 1 fully saturated rings.